The first-order valence-corrected chi connectivity index (χ1v) is 13.5. The Morgan fingerprint density at radius 3 is 2.67 bits per heavy atom. The van der Waals surface area contributed by atoms with Crippen LogP contribution in [-0.4, -0.2) is 62.7 Å². The van der Waals surface area contributed by atoms with E-state index in [1.807, 2.05) is 61.5 Å². The Morgan fingerprint density at radius 2 is 1.85 bits per heavy atom. The van der Waals surface area contributed by atoms with Crippen molar-refractivity contribution in [2.45, 2.75) is 32.5 Å². The third-order valence-electron chi connectivity index (χ3n) is 6.60. The molecule has 206 valence electrons. The van der Waals surface area contributed by atoms with Crippen molar-refractivity contribution in [1.82, 2.24) is 35.3 Å². The normalized spacial score (nSPS) is 17.5. The van der Waals surface area contributed by atoms with Crippen molar-refractivity contribution in [3.63, 3.8) is 0 Å². The fourth-order valence-electron chi connectivity index (χ4n) is 4.65. The molecule has 10 heteroatoms. The molecule has 0 aliphatic carbocycles. The summed E-state index contributed by atoms with van der Waals surface area (Å²) in [6, 6.07) is 20.4. The Kier molecular flexibility index (Phi) is 8.77. The summed E-state index contributed by atoms with van der Waals surface area (Å²) < 4.78 is 7.75. The number of fused-ring (bicyclic) bond motifs is 3. The van der Waals surface area contributed by atoms with Gasteiger partial charge in [-0.2, -0.15) is 5.10 Å². The van der Waals surface area contributed by atoms with Crippen molar-refractivity contribution in [3.05, 3.63) is 96.1 Å². The lowest BCUT2D eigenvalue weighted by molar-refractivity contribution is -0.123. The molecule has 2 N–H and O–H groups in total. The first-order valence-electron chi connectivity index (χ1n) is 13.5. The molecule has 2 amide bonds. The quantitative estimate of drug-likeness (QED) is 0.411. The molecule has 2 aromatic carbocycles. The first kappa shape index (κ1) is 27.0. The van der Waals surface area contributed by atoms with Gasteiger partial charge >= 0.3 is 0 Å². The van der Waals surface area contributed by atoms with Gasteiger partial charge in [0.2, 0.25) is 5.91 Å². The average Bonchev–Trinajstić information content (AvgIpc) is 3.40. The van der Waals surface area contributed by atoms with E-state index >= 15 is 0 Å². The predicted octanol–water partition coefficient (Wildman–Crippen LogP) is 3.23. The van der Waals surface area contributed by atoms with Gasteiger partial charge in [-0.05, 0) is 43.2 Å². The topological polar surface area (TPSA) is 114 Å². The molecule has 1 aliphatic rings. The number of rotatable bonds is 3. The van der Waals surface area contributed by atoms with E-state index < -0.39 is 0 Å². The first-order chi connectivity index (χ1) is 19.5. The van der Waals surface area contributed by atoms with Crippen molar-refractivity contribution in [1.29, 1.82) is 0 Å². The number of nitrogens with zero attached hydrogens (tertiary/aromatic N) is 5. The molecular formula is C30H33N7O3. The van der Waals surface area contributed by atoms with Crippen LogP contribution in [0.5, 0.6) is 5.75 Å². The van der Waals surface area contributed by atoms with Crippen LogP contribution in [0.4, 0.5) is 0 Å². The second-order valence-corrected chi connectivity index (χ2v) is 9.73. The molecule has 0 saturated carbocycles. The molecule has 1 atom stereocenters. The minimum atomic E-state index is -0.376. The van der Waals surface area contributed by atoms with Crippen molar-refractivity contribution in [2.75, 3.05) is 26.2 Å². The summed E-state index contributed by atoms with van der Waals surface area (Å²) in [7, 11) is 0. The summed E-state index contributed by atoms with van der Waals surface area (Å²) in [4.78, 5) is 37.0. The number of ether oxygens (including phenoxy) is 1. The minimum Gasteiger partial charge on any atom is -0.492 e. The zero-order chi connectivity index (χ0) is 27.7. The Balaban J connectivity index is 1.41. The third-order valence-corrected chi connectivity index (χ3v) is 6.60. The molecular weight excluding hydrogens is 506 g/mol. The van der Waals surface area contributed by atoms with E-state index in [1.165, 1.54) is 0 Å². The molecule has 3 heterocycles. The molecule has 0 unspecified atom stereocenters. The number of carbonyl (C=O) groups excluding carboxylic acids is 2. The standard InChI is InChI=1S/C30H33N7O3/c1-22-29-34-28(24-9-3-2-4-10-24)35-37(29)16-17-40-26-12-5-11-25(18-26)30(39)32-14-7-15-36(21-27(38)33-22)20-23-8-6-13-31-19-23/h2-6,8-13,18-19,22H,7,14-17,20-21H2,1H3,(H,32,39)(H,33,38)/t22-/m0/s1. The number of pyridine rings is 1. The maximum Gasteiger partial charge on any atom is 0.251 e. The lowest BCUT2D eigenvalue weighted by Gasteiger charge is -2.23. The zero-order valence-corrected chi connectivity index (χ0v) is 22.5. The van der Waals surface area contributed by atoms with Gasteiger partial charge in [-0.25, -0.2) is 9.67 Å². The van der Waals surface area contributed by atoms with E-state index in [-0.39, 0.29) is 24.4 Å². The smallest absolute Gasteiger partial charge is 0.251 e. The molecule has 1 aliphatic heterocycles. The van der Waals surface area contributed by atoms with Crippen molar-refractivity contribution in [3.8, 4) is 17.1 Å². The summed E-state index contributed by atoms with van der Waals surface area (Å²) >= 11 is 0. The molecule has 4 aromatic rings. The summed E-state index contributed by atoms with van der Waals surface area (Å²) in [5.41, 5.74) is 2.44. The Hall–Kier alpha value is -4.57. The van der Waals surface area contributed by atoms with Gasteiger partial charge in [0.1, 0.15) is 18.2 Å². The monoisotopic (exact) mass is 539 g/mol. The summed E-state index contributed by atoms with van der Waals surface area (Å²) in [6.45, 7) is 4.51. The molecule has 2 bridgehead atoms. The molecule has 10 nitrogen and oxygen atoms in total. The number of benzene rings is 2. The van der Waals surface area contributed by atoms with Crippen LogP contribution in [0.25, 0.3) is 11.4 Å². The number of carbonyl (C=O) groups is 2. The van der Waals surface area contributed by atoms with E-state index in [0.717, 1.165) is 11.1 Å². The molecule has 0 fully saturated rings. The maximum absolute atomic E-state index is 13.2. The van der Waals surface area contributed by atoms with Crippen LogP contribution < -0.4 is 15.4 Å². The second-order valence-electron chi connectivity index (χ2n) is 9.73. The van der Waals surface area contributed by atoms with Gasteiger partial charge in [0.15, 0.2) is 5.82 Å². The molecule has 5 rings (SSSR count). The van der Waals surface area contributed by atoms with Crippen LogP contribution >= 0.6 is 0 Å². The number of aromatic nitrogens is 4. The number of nitrogens with one attached hydrogen (secondary N) is 2. The summed E-state index contributed by atoms with van der Waals surface area (Å²) in [6.07, 6.45) is 4.21. The van der Waals surface area contributed by atoms with Gasteiger partial charge in [0, 0.05) is 43.2 Å². The van der Waals surface area contributed by atoms with Gasteiger partial charge in [0.05, 0.1) is 19.1 Å². The Labute approximate surface area is 233 Å². The third kappa shape index (κ3) is 7.09. The van der Waals surface area contributed by atoms with E-state index in [9.17, 15) is 9.59 Å². The van der Waals surface area contributed by atoms with Gasteiger partial charge in [0.25, 0.3) is 5.91 Å². The average molecular weight is 540 g/mol. The summed E-state index contributed by atoms with van der Waals surface area (Å²) in [5.74, 6) is 1.54. The van der Waals surface area contributed by atoms with Gasteiger partial charge < -0.3 is 15.4 Å². The number of amides is 2. The highest BCUT2D eigenvalue weighted by Crippen LogP contribution is 2.20. The Morgan fingerprint density at radius 1 is 1.00 bits per heavy atom. The highest BCUT2D eigenvalue weighted by Gasteiger charge is 2.21. The molecule has 0 spiro atoms. The lowest BCUT2D eigenvalue weighted by Crippen LogP contribution is -2.40. The largest absolute Gasteiger partial charge is 0.492 e. The zero-order valence-electron chi connectivity index (χ0n) is 22.5. The van der Waals surface area contributed by atoms with Crippen molar-refractivity contribution < 1.29 is 14.3 Å². The molecule has 0 radical (unpaired) electrons. The van der Waals surface area contributed by atoms with E-state index in [2.05, 4.69) is 20.5 Å². The second kappa shape index (κ2) is 13.0. The highest BCUT2D eigenvalue weighted by molar-refractivity contribution is 5.94. The van der Waals surface area contributed by atoms with Gasteiger partial charge in [-0.1, -0.05) is 42.5 Å². The number of hydrogen-bond donors (Lipinski definition) is 2. The lowest BCUT2D eigenvalue weighted by atomic mass is 10.2. The van der Waals surface area contributed by atoms with Crippen molar-refractivity contribution in [2.24, 2.45) is 0 Å². The van der Waals surface area contributed by atoms with E-state index in [0.29, 0.717) is 62.2 Å². The fraction of sp³-hybridized carbons (Fsp3) is 0.300. The van der Waals surface area contributed by atoms with Crippen LogP contribution in [0.1, 0.15) is 41.1 Å². The number of hydrogen-bond acceptors (Lipinski definition) is 7. The van der Waals surface area contributed by atoms with Gasteiger partial charge in [-0.3, -0.25) is 19.5 Å². The van der Waals surface area contributed by atoms with Crippen molar-refractivity contribution >= 4 is 11.8 Å². The maximum atomic E-state index is 13.2. The van der Waals surface area contributed by atoms with Crippen LogP contribution in [0.3, 0.4) is 0 Å². The molecule has 0 saturated heterocycles. The van der Waals surface area contributed by atoms with Crippen LogP contribution in [-0.2, 0) is 17.9 Å². The minimum absolute atomic E-state index is 0.122. The highest BCUT2D eigenvalue weighted by atomic mass is 16.5. The molecule has 40 heavy (non-hydrogen) atoms. The predicted molar refractivity (Wildman–Crippen MR) is 150 cm³/mol. The van der Waals surface area contributed by atoms with Crippen LogP contribution in [0.2, 0.25) is 0 Å². The molecule has 2 aromatic heterocycles. The van der Waals surface area contributed by atoms with Crippen LogP contribution in [0, 0.1) is 0 Å². The summed E-state index contributed by atoms with van der Waals surface area (Å²) in [5, 5.41) is 10.8. The van der Waals surface area contributed by atoms with Gasteiger partial charge in [-0.15, -0.1) is 0 Å². The van der Waals surface area contributed by atoms with E-state index in [1.54, 1.807) is 29.2 Å². The van der Waals surface area contributed by atoms with E-state index in [4.69, 9.17) is 14.8 Å². The SMILES string of the molecule is C[C@@H]1NC(=O)CN(Cc2cccnc2)CCCNC(=O)c2cccc(c2)OCCn2nc(-c3ccccc3)nc21. The fourth-order valence-corrected chi connectivity index (χ4v) is 4.65. The van der Waals surface area contributed by atoms with Crippen LogP contribution in [0.15, 0.2) is 79.1 Å². The Bertz CT molecular complexity index is 1430.